The number of aryl methyl sites for hydroxylation is 1. The molecule has 2 aromatic rings. The van der Waals surface area contributed by atoms with Crippen LogP contribution in [-0.2, 0) is 6.54 Å². The first kappa shape index (κ1) is 14.9. The highest BCUT2D eigenvalue weighted by molar-refractivity contribution is 9.10. The molecule has 20 heavy (non-hydrogen) atoms. The van der Waals surface area contributed by atoms with Gasteiger partial charge in [0.25, 0.3) is 0 Å². The Morgan fingerprint density at radius 1 is 1.35 bits per heavy atom. The van der Waals surface area contributed by atoms with Gasteiger partial charge >= 0.3 is 0 Å². The molecule has 0 saturated heterocycles. The summed E-state index contributed by atoms with van der Waals surface area (Å²) in [4.78, 5) is 7.02. The van der Waals surface area contributed by atoms with Gasteiger partial charge in [-0.2, -0.15) is 0 Å². The number of hydrogen-bond acceptors (Lipinski definition) is 3. The highest BCUT2D eigenvalue weighted by Gasteiger charge is 2.11. The van der Waals surface area contributed by atoms with Gasteiger partial charge in [-0.15, -0.1) is 0 Å². The van der Waals surface area contributed by atoms with Gasteiger partial charge in [0.05, 0.1) is 12.2 Å². The van der Waals surface area contributed by atoms with Gasteiger partial charge in [-0.25, -0.2) is 0 Å². The summed E-state index contributed by atoms with van der Waals surface area (Å²) < 4.78 is 0.997. The van der Waals surface area contributed by atoms with Crippen molar-refractivity contribution in [3.8, 4) is 0 Å². The second-order valence-electron chi connectivity index (χ2n) is 4.65. The van der Waals surface area contributed by atoms with E-state index in [1.807, 2.05) is 50.4 Å². The zero-order valence-corrected chi connectivity index (χ0v) is 13.8. The molecule has 0 atom stereocenters. The maximum Gasteiger partial charge on any atom is 0.106 e. The maximum absolute atomic E-state index is 5.79. The van der Waals surface area contributed by atoms with Crippen LogP contribution in [-0.4, -0.2) is 17.0 Å². The fourth-order valence-electron chi connectivity index (χ4n) is 2.04. The summed E-state index contributed by atoms with van der Waals surface area (Å²) in [6.07, 6.45) is 0. The van der Waals surface area contributed by atoms with Crippen LogP contribution in [0.25, 0.3) is 0 Å². The van der Waals surface area contributed by atoms with Crippen molar-refractivity contribution in [1.29, 1.82) is 0 Å². The van der Waals surface area contributed by atoms with Crippen molar-refractivity contribution < 1.29 is 0 Å². The van der Waals surface area contributed by atoms with Gasteiger partial charge in [-0.05, 0) is 37.3 Å². The smallest absolute Gasteiger partial charge is 0.106 e. The topological polar surface area (TPSA) is 42.1 Å². The molecule has 104 valence electrons. The summed E-state index contributed by atoms with van der Waals surface area (Å²) in [5.74, 6) is 0. The van der Waals surface area contributed by atoms with Crippen LogP contribution < -0.4 is 10.6 Å². The molecule has 1 aromatic heterocycles. The van der Waals surface area contributed by atoms with E-state index in [2.05, 4.69) is 25.8 Å². The third kappa shape index (κ3) is 3.55. The first-order valence-corrected chi connectivity index (χ1v) is 7.40. The number of nitrogens with zero attached hydrogens (tertiary/aromatic N) is 2. The molecule has 2 N–H and O–H groups in total. The lowest BCUT2D eigenvalue weighted by atomic mass is 10.1. The van der Waals surface area contributed by atoms with Crippen molar-refractivity contribution >= 4 is 38.8 Å². The van der Waals surface area contributed by atoms with E-state index in [9.17, 15) is 0 Å². The minimum atomic E-state index is 0.400. The summed E-state index contributed by atoms with van der Waals surface area (Å²) in [5.41, 5.74) is 9.69. The molecule has 1 aromatic carbocycles. The SMILES string of the molecule is Cc1cccc(CN(C)c2cc(Br)ccc2C(N)=S)n1. The molecule has 2 rings (SSSR count). The molecule has 0 fully saturated rings. The molecule has 0 amide bonds. The summed E-state index contributed by atoms with van der Waals surface area (Å²) in [6.45, 7) is 2.69. The number of anilines is 1. The average molecular weight is 350 g/mol. The molecule has 1 heterocycles. The Labute approximate surface area is 132 Å². The van der Waals surface area contributed by atoms with Crippen LogP contribution in [0.5, 0.6) is 0 Å². The van der Waals surface area contributed by atoms with Crippen LogP contribution in [0.2, 0.25) is 0 Å². The Balaban J connectivity index is 2.31. The predicted molar refractivity (Wildman–Crippen MR) is 91.1 cm³/mol. The lowest BCUT2D eigenvalue weighted by Gasteiger charge is -2.22. The Bertz CT molecular complexity index is 643. The minimum Gasteiger partial charge on any atom is -0.389 e. The minimum absolute atomic E-state index is 0.400. The normalized spacial score (nSPS) is 10.3. The Kier molecular flexibility index (Phi) is 4.73. The highest BCUT2D eigenvalue weighted by atomic mass is 79.9. The molecule has 0 aliphatic rings. The van der Waals surface area contributed by atoms with Crippen LogP contribution in [0, 0.1) is 6.92 Å². The van der Waals surface area contributed by atoms with Crippen molar-refractivity contribution in [2.45, 2.75) is 13.5 Å². The number of nitrogens with two attached hydrogens (primary N) is 1. The highest BCUT2D eigenvalue weighted by Crippen LogP contribution is 2.25. The van der Waals surface area contributed by atoms with Crippen molar-refractivity contribution in [3.05, 3.63) is 57.8 Å². The van der Waals surface area contributed by atoms with Crippen molar-refractivity contribution in [2.75, 3.05) is 11.9 Å². The molecular weight excluding hydrogens is 334 g/mol. The summed E-state index contributed by atoms with van der Waals surface area (Å²) >= 11 is 8.60. The molecule has 0 aliphatic heterocycles. The number of pyridine rings is 1. The van der Waals surface area contributed by atoms with Crippen LogP contribution >= 0.6 is 28.1 Å². The Morgan fingerprint density at radius 3 is 2.75 bits per heavy atom. The molecule has 5 heteroatoms. The standard InChI is InChI=1S/C15H16BrN3S/c1-10-4-3-5-12(18-10)9-19(2)14-8-11(16)6-7-13(14)15(17)20/h3-8H,9H2,1-2H3,(H2,17,20). The molecule has 3 nitrogen and oxygen atoms in total. The summed E-state index contributed by atoms with van der Waals surface area (Å²) in [7, 11) is 2.01. The van der Waals surface area contributed by atoms with Crippen LogP contribution in [0.4, 0.5) is 5.69 Å². The number of rotatable bonds is 4. The van der Waals surface area contributed by atoms with Gasteiger partial charge in [0.2, 0.25) is 0 Å². The molecule has 0 saturated carbocycles. The number of halogens is 1. The van der Waals surface area contributed by atoms with Gasteiger partial charge < -0.3 is 10.6 Å². The zero-order chi connectivity index (χ0) is 14.7. The van der Waals surface area contributed by atoms with E-state index in [4.69, 9.17) is 18.0 Å². The second-order valence-corrected chi connectivity index (χ2v) is 6.01. The van der Waals surface area contributed by atoms with E-state index < -0.39 is 0 Å². The predicted octanol–water partition coefficient (Wildman–Crippen LogP) is 3.42. The number of benzene rings is 1. The van der Waals surface area contributed by atoms with Crippen LogP contribution in [0.1, 0.15) is 17.0 Å². The quantitative estimate of drug-likeness (QED) is 0.858. The van der Waals surface area contributed by atoms with E-state index in [-0.39, 0.29) is 0 Å². The Hall–Kier alpha value is -1.46. The lowest BCUT2D eigenvalue weighted by Crippen LogP contribution is -2.22. The Morgan fingerprint density at radius 2 is 2.10 bits per heavy atom. The van der Waals surface area contributed by atoms with Crippen molar-refractivity contribution in [3.63, 3.8) is 0 Å². The van der Waals surface area contributed by atoms with Crippen molar-refractivity contribution in [1.82, 2.24) is 4.98 Å². The van der Waals surface area contributed by atoms with Gasteiger partial charge in [0.1, 0.15) is 4.99 Å². The number of aromatic nitrogens is 1. The molecule has 0 unspecified atom stereocenters. The average Bonchev–Trinajstić information content (AvgIpc) is 2.38. The van der Waals surface area contributed by atoms with E-state index in [0.29, 0.717) is 11.5 Å². The first-order valence-electron chi connectivity index (χ1n) is 6.20. The zero-order valence-electron chi connectivity index (χ0n) is 11.4. The third-order valence-electron chi connectivity index (χ3n) is 2.98. The molecule has 0 aliphatic carbocycles. The van der Waals surface area contributed by atoms with Gasteiger partial charge in [-0.1, -0.05) is 34.2 Å². The number of hydrogen-bond donors (Lipinski definition) is 1. The van der Waals surface area contributed by atoms with E-state index in [1.54, 1.807) is 0 Å². The second kappa shape index (κ2) is 6.33. The van der Waals surface area contributed by atoms with Gasteiger partial charge in [0, 0.05) is 28.5 Å². The monoisotopic (exact) mass is 349 g/mol. The molecule has 0 bridgehead atoms. The molecular formula is C15H16BrN3S. The van der Waals surface area contributed by atoms with Crippen LogP contribution in [0.15, 0.2) is 40.9 Å². The van der Waals surface area contributed by atoms with E-state index in [0.717, 1.165) is 27.1 Å². The van der Waals surface area contributed by atoms with Gasteiger partial charge in [-0.3, -0.25) is 4.98 Å². The number of thiocarbonyl (C=S) groups is 1. The maximum atomic E-state index is 5.79. The van der Waals surface area contributed by atoms with Crippen molar-refractivity contribution in [2.24, 2.45) is 5.73 Å². The lowest BCUT2D eigenvalue weighted by molar-refractivity contribution is 0.875. The fraction of sp³-hybridized carbons (Fsp3) is 0.200. The van der Waals surface area contributed by atoms with Gasteiger partial charge in [0.15, 0.2) is 0 Å². The van der Waals surface area contributed by atoms with E-state index >= 15 is 0 Å². The first-order chi connectivity index (χ1) is 9.47. The fourth-order valence-corrected chi connectivity index (χ4v) is 2.57. The third-order valence-corrected chi connectivity index (χ3v) is 3.69. The molecule has 0 radical (unpaired) electrons. The largest absolute Gasteiger partial charge is 0.389 e. The summed E-state index contributed by atoms with van der Waals surface area (Å²) in [5, 5.41) is 0. The van der Waals surface area contributed by atoms with E-state index in [1.165, 1.54) is 0 Å². The molecule has 0 spiro atoms. The summed E-state index contributed by atoms with van der Waals surface area (Å²) in [6, 6.07) is 11.9. The van der Waals surface area contributed by atoms with Crippen LogP contribution in [0.3, 0.4) is 0 Å².